The zero-order valence-electron chi connectivity index (χ0n) is 11.6. The van der Waals surface area contributed by atoms with Crippen molar-refractivity contribution in [2.75, 3.05) is 6.54 Å². The van der Waals surface area contributed by atoms with Crippen molar-refractivity contribution in [3.8, 4) is 5.69 Å². The van der Waals surface area contributed by atoms with Crippen molar-refractivity contribution in [2.45, 2.75) is 6.10 Å². The van der Waals surface area contributed by atoms with E-state index in [4.69, 9.17) is 4.42 Å². The summed E-state index contributed by atoms with van der Waals surface area (Å²) in [6.45, 7) is 0.0693. The largest absolute Gasteiger partial charge is 0.467 e. The van der Waals surface area contributed by atoms with E-state index in [1.165, 1.54) is 6.26 Å². The highest BCUT2D eigenvalue weighted by Crippen LogP contribution is 2.13. The molecule has 2 N–H and O–H groups in total. The zero-order chi connectivity index (χ0) is 15.4. The van der Waals surface area contributed by atoms with Crippen molar-refractivity contribution >= 4 is 5.91 Å². The number of benzene rings is 1. The predicted octanol–water partition coefficient (Wildman–Crippen LogP) is 1.32. The summed E-state index contributed by atoms with van der Waals surface area (Å²) in [6, 6.07) is 10.3. The molecule has 112 valence electrons. The van der Waals surface area contributed by atoms with Crippen LogP contribution < -0.4 is 5.32 Å². The number of hydrogen-bond acceptors (Lipinski definition) is 5. The van der Waals surface area contributed by atoms with Gasteiger partial charge in [0.1, 0.15) is 11.9 Å². The average molecular weight is 298 g/mol. The number of furan rings is 1. The number of aliphatic hydroxyl groups excluding tert-OH is 1. The Morgan fingerprint density at radius 1 is 1.36 bits per heavy atom. The Hall–Kier alpha value is -2.93. The van der Waals surface area contributed by atoms with Gasteiger partial charge >= 0.3 is 0 Å². The summed E-state index contributed by atoms with van der Waals surface area (Å²) in [7, 11) is 0. The summed E-state index contributed by atoms with van der Waals surface area (Å²) >= 11 is 0. The molecule has 0 spiro atoms. The van der Waals surface area contributed by atoms with Gasteiger partial charge in [0, 0.05) is 5.56 Å². The van der Waals surface area contributed by atoms with E-state index in [0.29, 0.717) is 11.3 Å². The van der Waals surface area contributed by atoms with Crippen molar-refractivity contribution < 1.29 is 14.3 Å². The van der Waals surface area contributed by atoms with E-state index in [0.717, 1.165) is 5.69 Å². The summed E-state index contributed by atoms with van der Waals surface area (Å²) in [5.41, 5.74) is 1.20. The van der Waals surface area contributed by atoms with E-state index >= 15 is 0 Å². The summed E-state index contributed by atoms with van der Waals surface area (Å²) < 4.78 is 6.65. The molecule has 1 atom stereocenters. The molecule has 1 amide bonds. The van der Waals surface area contributed by atoms with E-state index < -0.39 is 6.10 Å². The van der Waals surface area contributed by atoms with Crippen LogP contribution in [0, 0.1) is 0 Å². The van der Waals surface area contributed by atoms with Gasteiger partial charge in [-0.3, -0.25) is 4.79 Å². The highest BCUT2D eigenvalue weighted by molar-refractivity contribution is 5.94. The van der Waals surface area contributed by atoms with Gasteiger partial charge in [-0.25, -0.2) is 4.68 Å². The molecule has 0 radical (unpaired) electrons. The maximum absolute atomic E-state index is 12.1. The standard InChI is InChI=1S/C15H14N4O3/c20-13(14-5-2-8-22-14)10-16-15(21)11-3-1-4-12(9-11)19-7-6-17-18-19/h1-9,13,20H,10H2,(H,16,21). The third kappa shape index (κ3) is 3.04. The first kappa shape index (κ1) is 14.0. The summed E-state index contributed by atoms with van der Waals surface area (Å²) in [4.78, 5) is 12.1. The number of amides is 1. The molecule has 0 saturated heterocycles. The quantitative estimate of drug-likeness (QED) is 0.741. The maximum atomic E-state index is 12.1. The normalized spacial score (nSPS) is 12.0. The third-order valence-electron chi connectivity index (χ3n) is 3.12. The molecule has 1 aromatic carbocycles. The van der Waals surface area contributed by atoms with Gasteiger partial charge in [-0.1, -0.05) is 11.3 Å². The van der Waals surface area contributed by atoms with Crippen molar-refractivity contribution in [1.82, 2.24) is 20.3 Å². The van der Waals surface area contributed by atoms with E-state index in [9.17, 15) is 9.90 Å². The number of carbonyl (C=O) groups is 1. The molecule has 0 aliphatic heterocycles. The molecule has 0 saturated carbocycles. The SMILES string of the molecule is O=C(NCC(O)c1ccco1)c1cccc(-n2ccnn2)c1. The molecule has 2 aromatic heterocycles. The molecule has 3 aromatic rings. The van der Waals surface area contributed by atoms with Crippen LogP contribution in [0.3, 0.4) is 0 Å². The van der Waals surface area contributed by atoms with Crippen LogP contribution in [0.25, 0.3) is 5.69 Å². The van der Waals surface area contributed by atoms with Gasteiger partial charge in [0.05, 0.1) is 30.9 Å². The first-order chi connectivity index (χ1) is 10.7. The lowest BCUT2D eigenvalue weighted by atomic mass is 10.2. The lowest BCUT2D eigenvalue weighted by molar-refractivity contribution is 0.0901. The van der Waals surface area contributed by atoms with Crippen molar-refractivity contribution in [3.63, 3.8) is 0 Å². The van der Waals surface area contributed by atoms with Crippen LogP contribution in [0.4, 0.5) is 0 Å². The average Bonchev–Trinajstić information content (AvgIpc) is 3.25. The molecule has 0 fully saturated rings. The van der Waals surface area contributed by atoms with Gasteiger partial charge in [-0.05, 0) is 30.3 Å². The lowest BCUT2D eigenvalue weighted by Crippen LogP contribution is -2.28. The van der Waals surface area contributed by atoms with Crippen LogP contribution in [0.1, 0.15) is 22.2 Å². The van der Waals surface area contributed by atoms with Crippen LogP contribution in [0.5, 0.6) is 0 Å². The third-order valence-corrected chi connectivity index (χ3v) is 3.12. The Balaban J connectivity index is 1.66. The molecular weight excluding hydrogens is 284 g/mol. The smallest absolute Gasteiger partial charge is 0.251 e. The second-order valence-electron chi connectivity index (χ2n) is 4.64. The van der Waals surface area contributed by atoms with Gasteiger partial charge in [0.15, 0.2) is 0 Å². The van der Waals surface area contributed by atoms with Gasteiger partial charge in [0.25, 0.3) is 5.91 Å². The molecule has 2 heterocycles. The number of hydrogen-bond donors (Lipinski definition) is 2. The van der Waals surface area contributed by atoms with Crippen LogP contribution >= 0.6 is 0 Å². The Morgan fingerprint density at radius 3 is 3.00 bits per heavy atom. The van der Waals surface area contributed by atoms with Crippen molar-refractivity contribution in [2.24, 2.45) is 0 Å². The Morgan fingerprint density at radius 2 is 2.27 bits per heavy atom. The number of carbonyl (C=O) groups excluding carboxylic acids is 1. The van der Waals surface area contributed by atoms with Gasteiger partial charge < -0.3 is 14.8 Å². The Bertz CT molecular complexity index is 738. The van der Waals surface area contributed by atoms with E-state index in [1.54, 1.807) is 47.4 Å². The van der Waals surface area contributed by atoms with Gasteiger partial charge in [-0.15, -0.1) is 5.10 Å². The van der Waals surface area contributed by atoms with E-state index in [-0.39, 0.29) is 12.5 Å². The molecule has 0 aliphatic carbocycles. The predicted molar refractivity (Wildman–Crippen MR) is 77.4 cm³/mol. The fourth-order valence-electron chi connectivity index (χ4n) is 2.01. The van der Waals surface area contributed by atoms with Gasteiger partial charge in [0.2, 0.25) is 0 Å². The van der Waals surface area contributed by atoms with Crippen LogP contribution in [0.2, 0.25) is 0 Å². The molecular formula is C15H14N4O3. The molecule has 1 unspecified atom stereocenters. The summed E-state index contributed by atoms with van der Waals surface area (Å²) in [5, 5.41) is 20.2. The zero-order valence-corrected chi connectivity index (χ0v) is 11.6. The van der Waals surface area contributed by atoms with Crippen LogP contribution in [0.15, 0.2) is 59.5 Å². The minimum Gasteiger partial charge on any atom is -0.467 e. The number of aromatic nitrogens is 3. The molecule has 0 aliphatic rings. The monoisotopic (exact) mass is 298 g/mol. The molecule has 3 rings (SSSR count). The number of nitrogens with zero attached hydrogens (tertiary/aromatic N) is 3. The van der Waals surface area contributed by atoms with Crippen LogP contribution in [-0.4, -0.2) is 32.6 Å². The van der Waals surface area contributed by atoms with Crippen LogP contribution in [-0.2, 0) is 0 Å². The molecule has 0 bridgehead atoms. The molecule has 22 heavy (non-hydrogen) atoms. The summed E-state index contributed by atoms with van der Waals surface area (Å²) in [6.07, 6.45) is 3.85. The number of nitrogens with one attached hydrogen (secondary N) is 1. The number of rotatable bonds is 5. The van der Waals surface area contributed by atoms with E-state index in [2.05, 4.69) is 15.6 Å². The first-order valence-corrected chi connectivity index (χ1v) is 6.70. The topological polar surface area (TPSA) is 93.2 Å². The number of aliphatic hydroxyl groups is 1. The Labute approximate surface area is 126 Å². The van der Waals surface area contributed by atoms with Gasteiger partial charge in [-0.2, -0.15) is 0 Å². The minimum atomic E-state index is -0.877. The fraction of sp³-hybridized carbons (Fsp3) is 0.133. The van der Waals surface area contributed by atoms with E-state index in [1.807, 2.05) is 6.07 Å². The van der Waals surface area contributed by atoms with Crippen molar-refractivity contribution in [3.05, 3.63) is 66.4 Å². The Kier molecular flexibility index (Phi) is 3.97. The second kappa shape index (κ2) is 6.23. The molecule has 7 nitrogen and oxygen atoms in total. The lowest BCUT2D eigenvalue weighted by Gasteiger charge is -2.10. The fourth-order valence-corrected chi connectivity index (χ4v) is 2.01. The second-order valence-corrected chi connectivity index (χ2v) is 4.64. The molecule has 7 heteroatoms. The first-order valence-electron chi connectivity index (χ1n) is 6.70. The minimum absolute atomic E-state index is 0.0693. The van der Waals surface area contributed by atoms with Crippen molar-refractivity contribution in [1.29, 1.82) is 0 Å². The maximum Gasteiger partial charge on any atom is 0.251 e. The highest BCUT2D eigenvalue weighted by atomic mass is 16.4. The highest BCUT2D eigenvalue weighted by Gasteiger charge is 2.13. The summed E-state index contributed by atoms with van der Waals surface area (Å²) in [5.74, 6) is 0.129.